The van der Waals surface area contributed by atoms with E-state index in [1.807, 2.05) is 44.2 Å². The molecule has 4 aromatic rings. The molecule has 0 saturated carbocycles. The summed E-state index contributed by atoms with van der Waals surface area (Å²) in [5, 5.41) is 13.1. The SMILES string of the molecule is CCc1nnc(NC(=O)c2ccc(C)c(-c3ccc4nc(N)ncc4c3)c2)s1. The number of nitrogens with zero attached hydrogens (tertiary/aromatic N) is 4. The number of aromatic nitrogens is 4. The first-order valence-corrected chi connectivity index (χ1v) is 9.62. The first-order chi connectivity index (χ1) is 13.5. The van der Waals surface area contributed by atoms with Crippen LogP contribution in [0.25, 0.3) is 22.0 Å². The van der Waals surface area contributed by atoms with Gasteiger partial charge in [-0.15, -0.1) is 10.2 Å². The molecule has 7 nitrogen and oxygen atoms in total. The first kappa shape index (κ1) is 18.0. The van der Waals surface area contributed by atoms with Gasteiger partial charge in [0.25, 0.3) is 5.91 Å². The lowest BCUT2D eigenvalue weighted by atomic mass is 9.97. The number of anilines is 2. The normalized spacial score (nSPS) is 10.9. The van der Waals surface area contributed by atoms with E-state index >= 15 is 0 Å². The highest BCUT2D eigenvalue weighted by Gasteiger charge is 2.13. The van der Waals surface area contributed by atoms with Crippen LogP contribution in [0.4, 0.5) is 11.1 Å². The molecule has 0 radical (unpaired) electrons. The summed E-state index contributed by atoms with van der Waals surface area (Å²) in [4.78, 5) is 20.9. The van der Waals surface area contributed by atoms with Crippen LogP contribution in [-0.4, -0.2) is 26.1 Å². The molecule has 0 fully saturated rings. The number of carbonyl (C=O) groups excluding carboxylic acids is 1. The second-order valence-electron chi connectivity index (χ2n) is 6.34. The molecule has 0 unspecified atom stereocenters. The third-order valence-electron chi connectivity index (χ3n) is 4.40. The maximum atomic E-state index is 12.7. The number of aryl methyl sites for hydroxylation is 2. The maximum Gasteiger partial charge on any atom is 0.257 e. The van der Waals surface area contributed by atoms with E-state index in [4.69, 9.17) is 5.73 Å². The minimum atomic E-state index is -0.211. The lowest BCUT2D eigenvalue weighted by molar-refractivity contribution is 0.102. The molecule has 2 aromatic heterocycles. The molecule has 0 aliphatic heterocycles. The van der Waals surface area contributed by atoms with Crippen molar-refractivity contribution in [1.29, 1.82) is 0 Å². The monoisotopic (exact) mass is 390 g/mol. The van der Waals surface area contributed by atoms with Gasteiger partial charge < -0.3 is 5.73 Å². The smallest absolute Gasteiger partial charge is 0.257 e. The van der Waals surface area contributed by atoms with E-state index < -0.39 is 0 Å². The number of fused-ring (bicyclic) bond motifs is 1. The fourth-order valence-corrected chi connectivity index (χ4v) is 3.58. The van der Waals surface area contributed by atoms with E-state index in [1.165, 1.54) is 11.3 Å². The molecule has 0 saturated heterocycles. The van der Waals surface area contributed by atoms with Gasteiger partial charge in [-0.05, 0) is 54.3 Å². The van der Waals surface area contributed by atoms with Crippen LogP contribution < -0.4 is 11.1 Å². The van der Waals surface area contributed by atoms with Gasteiger partial charge in [0.1, 0.15) is 5.01 Å². The summed E-state index contributed by atoms with van der Waals surface area (Å²) in [6, 6.07) is 11.5. The summed E-state index contributed by atoms with van der Waals surface area (Å²) < 4.78 is 0. The summed E-state index contributed by atoms with van der Waals surface area (Å²) in [5.74, 6) is 0.0370. The van der Waals surface area contributed by atoms with Crippen molar-refractivity contribution in [3.63, 3.8) is 0 Å². The van der Waals surface area contributed by atoms with Crippen molar-refractivity contribution in [3.8, 4) is 11.1 Å². The van der Waals surface area contributed by atoms with Crippen molar-refractivity contribution in [2.75, 3.05) is 11.1 Å². The van der Waals surface area contributed by atoms with Crippen LogP contribution in [0, 0.1) is 6.92 Å². The van der Waals surface area contributed by atoms with E-state index in [9.17, 15) is 4.79 Å². The Bertz CT molecular complexity index is 1190. The zero-order valence-electron chi connectivity index (χ0n) is 15.4. The van der Waals surface area contributed by atoms with Gasteiger partial charge in [-0.2, -0.15) is 0 Å². The molecular weight excluding hydrogens is 372 g/mol. The van der Waals surface area contributed by atoms with Crippen LogP contribution in [0.1, 0.15) is 27.9 Å². The molecule has 2 heterocycles. The van der Waals surface area contributed by atoms with Crippen LogP contribution in [0.2, 0.25) is 0 Å². The average Bonchev–Trinajstić information content (AvgIpc) is 3.15. The third kappa shape index (κ3) is 3.54. The predicted octanol–water partition coefficient (Wildman–Crippen LogP) is 3.85. The Morgan fingerprint density at radius 3 is 2.82 bits per heavy atom. The molecule has 140 valence electrons. The van der Waals surface area contributed by atoms with Gasteiger partial charge in [0, 0.05) is 17.1 Å². The number of hydrogen-bond donors (Lipinski definition) is 2. The van der Waals surface area contributed by atoms with Gasteiger partial charge in [0.2, 0.25) is 11.1 Å². The number of nitrogens with one attached hydrogen (secondary N) is 1. The number of amides is 1. The van der Waals surface area contributed by atoms with E-state index in [-0.39, 0.29) is 11.9 Å². The van der Waals surface area contributed by atoms with Crippen LogP contribution in [-0.2, 0) is 6.42 Å². The molecule has 1 amide bonds. The average molecular weight is 390 g/mol. The third-order valence-corrected chi connectivity index (χ3v) is 5.38. The van der Waals surface area contributed by atoms with Gasteiger partial charge in [0.05, 0.1) is 5.52 Å². The Balaban J connectivity index is 1.66. The quantitative estimate of drug-likeness (QED) is 0.548. The summed E-state index contributed by atoms with van der Waals surface area (Å²) in [7, 11) is 0. The minimum absolute atomic E-state index is 0.211. The molecule has 0 bridgehead atoms. The van der Waals surface area contributed by atoms with Gasteiger partial charge in [-0.3, -0.25) is 10.1 Å². The molecule has 3 N–H and O–H groups in total. The Kier molecular flexibility index (Phi) is 4.70. The van der Waals surface area contributed by atoms with E-state index in [1.54, 1.807) is 12.3 Å². The topological polar surface area (TPSA) is 107 Å². The van der Waals surface area contributed by atoms with E-state index in [2.05, 4.69) is 25.5 Å². The highest BCUT2D eigenvalue weighted by atomic mass is 32.1. The molecule has 0 aliphatic rings. The zero-order valence-corrected chi connectivity index (χ0v) is 16.2. The van der Waals surface area contributed by atoms with Crippen molar-refractivity contribution in [2.24, 2.45) is 0 Å². The molecular formula is C20H18N6OS. The summed E-state index contributed by atoms with van der Waals surface area (Å²) in [6.45, 7) is 4.01. The molecule has 0 spiro atoms. The fraction of sp³-hybridized carbons (Fsp3) is 0.150. The van der Waals surface area contributed by atoms with Crippen LogP contribution in [0.5, 0.6) is 0 Å². The second kappa shape index (κ2) is 7.32. The molecule has 0 atom stereocenters. The van der Waals surface area contributed by atoms with Crippen molar-refractivity contribution in [3.05, 3.63) is 58.7 Å². The standard InChI is InChI=1S/C20H18N6OS/c1-3-17-25-26-20(28-17)24-18(27)13-5-4-11(2)15(9-13)12-6-7-16-14(8-12)10-22-19(21)23-16/h4-10H,3H2,1-2H3,(H2,21,22,23)(H,24,26,27). The second-order valence-corrected chi connectivity index (χ2v) is 7.40. The molecule has 4 rings (SSSR count). The van der Waals surface area contributed by atoms with Crippen molar-refractivity contribution < 1.29 is 4.79 Å². The van der Waals surface area contributed by atoms with Crippen LogP contribution >= 0.6 is 11.3 Å². The zero-order chi connectivity index (χ0) is 19.7. The minimum Gasteiger partial charge on any atom is -0.368 e. The van der Waals surface area contributed by atoms with Gasteiger partial charge >= 0.3 is 0 Å². The van der Waals surface area contributed by atoms with E-state index in [0.717, 1.165) is 39.0 Å². The maximum absolute atomic E-state index is 12.7. The fourth-order valence-electron chi connectivity index (χ4n) is 2.91. The van der Waals surface area contributed by atoms with Crippen LogP contribution in [0.15, 0.2) is 42.6 Å². The Morgan fingerprint density at radius 1 is 1.18 bits per heavy atom. The van der Waals surface area contributed by atoms with Crippen LogP contribution in [0.3, 0.4) is 0 Å². The number of nitrogen functional groups attached to an aromatic ring is 1. The molecule has 8 heteroatoms. The first-order valence-electron chi connectivity index (χ1n) is 8.80. The molecule has 28 heavy (non-hydrogen) atoms. The number of benzene rings is 2. The lowest BCUT2D eigenvalue weighted by Crippen LogP contribution is -2.12. The summed E-state index contributed by atoms with van der Waals surface area (Å²) in [5.41, 5.74) is 10.0. The van der Waals surface area contributed by atoms with E-state index in [0.29, 0.717) is 10.7 Å². The lowest BCUT2D eigenvalue weighted by Gasteiger charge is -2.10. The van der Waals surface area contributed by atoms with Gasteiger partial charge in [-0.25, -0.2) is 9.97 Å². The highest BCUT2D eigenvalue weighted by Crippen LogP contribution is 2.28. The number of nitrogens with two attached hydrogens (primary N) is 1. The Hall–Kier alpha value is -3.39. The van der Waals surface area contributed by atoms with Gasteiger partial charge in [-0.1, -0.05) is 30.4 Å². The highest BCUT2D eigenvalue weighted by molar-refractivity contribution is 7.15. The Labute approximate surface area is 165 Å². The van der Waals surface area contributed by atoms with Crippen molar-refractivity contribution >= 4 is 39.2 Å². The number of hydrogen-bond acceptors (Lipinski definition) is 7. The van der Waals surface area contributed by atoms with Crippen molar-refractivity contribution in [2.45, 2.75) is 20.3 Å². The number of carbonyl (C=O) groups is 1. The molecule has 0 aliphatic carbocycles. The predicted molar refractivity (Wildman–Crippen MR) is 111 cm³/mol. The number of rotatable bonds is 4. The summed E-state index contributed by atoms with van der Waals surface area (Å²) in [6.07, 6.45) is 2.49. The Morgan fingerprint density at radius 2 is 2.04 bits per heavy atom. The van der Waals surface area contributed by atoms with Gasteiger partial charge in [0.15, 0.2) is 0 Å². The molecule has 2 aromatic carbocycles. The summed E-state index contributed by atoms with van der Waals surface area (Å²) >= 11 is 1.38. The van der Waals surface area contributed by atoms with Crippen molar-refractivity contribution in [1.82, 2.24) is 20.2 Å². The largest absolute Gasteiger partial charge is 0.368 e.